The molecule has 1 fully saturated rings. The molecule has 1 saturated heterocycles. The number of hydrogen-bond donors (Lipinski definition) is 0. The Morgan fingerprint density at radius 3 is 2.57 bits per heavy atom. The second-order valence-corrected chi connectivity index (χ2v) is 7.65. The smallest absolute Gasteiger partial charge is 0.228 e. The Hall–Kier alpha value is -1.72. The minimum absolute atomic E-state index is 0.0707. The SMILES string of the molecule is COCC1(c2ccccc2)CN(C(=O)Cc2nc(C)sc2C)C1. The van der Waals surface area contributed by atoms with Crippen molar-refractivity contribution >= 4 is 17.2 Å². The van der Waals surface area contributed by atoms with Gasteiger partial charge in [-0.05, 0) is 19.4 Å². The monoisotopic (exact) mass is 330 g/mol. The molecule has 1 amide bonds. The number of amides is 1. The van der Waals surface area contributed by atoms with Gasteiger partial charge in [-0.1, -0.05) is 30.3 Å². The zero-order valence-corrected chi connectivity index (χ0v) is 14.7. The van der Waals surface area contributed by atoms with E-state index in [-0.39, 0.29) is 11.3 Å². The number of methoxy groups -OCH3 is 1. The van der Waals surface area contributed by atoms with E-state index in [1.807, 2.05) is 36.9 Å². The summed E-state index contributed by atoms with van der Waals surface area (Å²) < 4.78 is 5.42. The van der Waals surface area contributed by atoms with Gasteiger partial charge in [0, 0.05) is 25.1 Å². The van der Waals surface area contributed by atoms with Gasteiger partial charge in [0.05, 0.1) is 29.1 Å². The molecule has 3 rings (SSSR count). The molecule has 23 heavy (non-hydrogen) atoms. The lowest BCUT2D eigenvalue weighted by Gasteiger charge is -2.50. The second-order valence-electron chi connectivity index (χ2n) is 6.24. The van der Waals surface area contributed by atoms with Crippen LogP contribution < -0.4 is 0 Å². The molecular formula is C18H22N2O2S. The van der Waals surface area contributed by atoms with E-state index in [1.165, 1.54) is 5.56 Å². The summed E-state index contributed by atoms with van der Waals surface area (Å²) in [7, 11) is 1.72. The first-order valence-electron chi connectivity index (χ1n) is 7.79. The van der Waals surface area contributed by atoms with Gasteiger partial charge in [-0.25, -0.2) is 4.98 Å². The second kappa shape index (κ2) is 6.42. The summed E-state index contributed by atoms with van der Waals surface area (Å²) >= 11 is 1.65. The number of aryl methyl sites for hydroxylation is 2. The Bertz CT molecular complexity index is 690. The topological polar surface area (TPSA) is 42.4 Å². The number of thiazole rings is 1. The van der Waals surface area contributed by atoms with Crippen molar-refractivity contribution in [1.29, 1.82) is 0 Å². The first-order chi connectivity index (χ1) is 11.0. The maximum absolute atomic E-state index is 12.5. The number of benzene rings is 1. The van der Waals surface area contributed by atoms with Crippen LogP contribution in [0, 0.1) is 13.8 Å². The van der Waals surface area contributed by atoms with E-state index in [2.05, 4.69) is 17.1 Å². The molecule has 0 atom stereocenters. The molecule has 0 spiro atoms. The molecule has 122 valence electrons. The Morgan fingerprint density at radius 2 is 2.00 bits per heavy atom. The summed E-state index contributed by atoms with van der Waals surface area (Å²) in [5.74, 6) is 0.154. The summed E-state index contributed by atoms with van der Waals surface area (Å²) in [6.45, 7) is 6.07. The molecule has 0 radical (unpaired) electrons. The third kappa shape index (κ3) is 3.16. The highest BCUT2D eigenvalue weighted by molar-refractivity contribution is 7.11. The van der Waals surface area contributed by atoms with Crippen LogP contribution in [-0.2, 0) is 21.4 Å². The number of carbonyl (C=O) groups is 1. The summed E-state index contributed by atoms with van der Waals surface area (Å²) in [4.78, 5) is 20.1. The van der Waals surface area contributed by atoms with E-state index in [4.69, 9.17) is 4.74 Å². The van der Waals surface area contributed by atoms with Crippen LogP contribution in [0.15, 0.2) is 30.3 Å². The number of ether oxygens (including phenoxy) is 1. The first kappa shape index (κ1) is 16.1. The minimum Gasteiger partial charge on any atom is -0.384 e. The summed E-state index contributed by atoms with van der Waals surface area (Å²) in [5.41, 5.74) is 2.09. The molecule has 0 saturated carbocycles. The molecule has 4 nitrogen and oxygen atoms in total. The van der Waals surface area contributed by atoms with Crippen molar-refractivity contribution in [3.05, 3.63) is 51.5 Å². The highest BCUT2D eigenvalue weighted by atomic mass is 32.1. The zero-order chi connectivity index (χ0) is 16.4. The molecule has 0 bridgehead atoms. The number of aromatic nitrogens is 1. The predicted molar refractivity (Wildman–Crippen MR) is 91.9 cm³/mol. The van der Waals surface area contributed by atoms with Crippen LogP contribution in [-0.4, -0.2) is 42.6 Å². The van der Waals surface area contributed by atoms with Gasteiger partial charge >= 0.3 is 0 Å². The van der Waals surface area contributed by atoms with Gasteiger partial charge in [0.2, 0.25) is 5.91 Å². The largest absolute Gasteiger partial charge is 0.384 e. The summed E-state index contributed by atoms with van der Waals surface area (Å²) in [6, 6.07) is 10.3. The fraction of sp³-hybridized carbons (Fsp3) is 0.444. The molecule has 1 aromatic heterocycles. The van der Waals surface area contributed by atoms with Crippen molar-refractivity contribution in [3.8, 4) is 0 Å². The Balaban J connectivity index is 1.68. The molecule has 1 aromatic carbocycles. The third-order valence-corrected chi connectivity index (χ3v) is 5.39. The van der Waals surface area contributed by atoms with Crippen molar-refractivity contribution < 1.29 is 9.53 Å². The van der Waals surface area contributed by atoms with Crippen molar-refractivity contribution in [2.45, 2.75) is 25.7 Å². The van der Waals surface area contributed by atoms with Gasteiger partial charge in [0.1, 0.15) is 0 Å². The maximum Gasteiger partial charge on any atom is 0.228 e. The average molecular weight is 330 g/mol. The Labute approximate surface area is 141 Å². The van der Waals surface area contributed by atoms with Crippen molar-refractivity contribution in [2.24, 2.45) is 0 Å². The van der Waals surface area contributed by atoms with Gasteiger partial charge in [-0.3, -0.25) is 4.79 Å². The van der Waals surface area contributed by atoms with Crippen molar-refractivity contribution in [2.75, 3.05) is 26.8 Å². The summed E-state index contributed by atoms with van der Waals surface area (Å²) in [5, 5.41) is 1.02. The van der Waals surface area contributed by atoms with Gasteiger partial charge in [-0.2, -0.15) is 0 Å². The molecule has 1 aliphatic rings. The standard InChI is InChI=1S/C18H22N2O2S/c1-13-16(19-14(2)23-13)9-17(21)20-10-18(11-20,12-22-3)15-7-5-4-6-8-15/h4-8H,9-12H2,1-3H3. The van der Waals surface area contributed by atoms with Crippen LogP contribution in [0.5, 0.6) is 0 Å². The van der Waals surface area contributed by atoms with Gasteiger partial charge < -0.3 is 9.64 Å². The van der Waals surface area contributed by atoms with E-state index >= 15 is 0 Å². The molecule has 0 aliphatic carbocycles. The van der Waals surface area contributed by atoms with E-state index in [1.54, 1.807) is 18.4 Å². The number of nitrogens with zero attached hydrogens (tertiary/aromatic N) is 2. The van der Waals surface area contributed by atoms with Crippen LogP contribution in [0.1, 0.15) is 21.1 Å². The number of hydrogen-bond acceptors (Lipinski definition) is 4. The van der Waals surface area contributed by atoms with Crippen molar-refractivity contribution in [3.63, 3.8) is 0 Å². The minimum atomic E-state index is -0.0707. The fourth-order valence-corrected chi connectivity index (χ4v) is 4.11. The lowest BCUT2D eigenvalue weighted by atomic mass is 9.74. The highest BCUT2D eigenvalue weighted by Crippen LogP contribution is 2.35. The maximum atomic E-state index is 12.5. The molecule has 2 heterocycles. The fourth-order valence-electron chi connectivity index (χ4n) is 3.28. The normalized spacial score (nSPS) is 16.2. The van der Waals surface area contributed by atoms with E-state index in [9.17, 15) is 4.79 Å². The molecule has 5 heteroatoms. The van der Waals surface area contributed by atoms with Gasteiger partial charge in [-0.15, -0.1) is 11.3 Å². The van der Waals surface area contributed by atoms with Crippen LogP contribution in [0.25, 0.3) is 0 Å². The van der Waals surface area contributed by atoms with Crippen LogP contribution in [0.2, 0.25) is 0 Å². The van der Waals surface area contributed by atoms with Gasteiger partial charge in [0.25, 0.3) is 0 Å². The van der Waals surface area contributed by atoms with Crippen LogP contribution in [0.3, 0.4) is 0 Å². The van der Waals surface area contributed by atoms with Crippen LogP contribution >= 0.6 is 11.3 Å². The molecule has 0 N–H and O–H groups in total. The molecule has 1 aliphatic heterocycles. The number of carbonyl (C=O) groups excluding carboxylic acids is 1. The molecular weight excluding hydrogens is 308 g/mol. The first-order valence-corrected chi connectivity index (χ1v) is 8.61. The van der Waals surface area contributed by atoms with Crippen LogP contribution in [0.4, 0.5) is 0 Å². The zero-order valence-electron chi connectivity index (χ0n) is 13.8. The van der Waals surface area contributed by atoms with E-state index in [0.717, 1.165) is 15.6 Å². The third-order valence-electron chi connectivity index (χ3n) is 4.46. The lowest BCUT2D eigenvalue weighted by molar-refractivity contribution is -0.140. The van der Waals surface area contributed by atoms with E-state index in [0.29, 0.717) is 26.1 Å². The quantitative estimate of drug-likeness (QED) is 0.846. The number of rotatable bonds is 5. The Morgan fingerprint density at radius 1 is 1.30 bits per heavy atom. The average Bonchev–Trinajstić information content (AvgIpc) is 2.81. The van der Waals surface area contributed by atoms with Crippen molar-refractivity contribution in [1.82, 2.24) is 9.88 Å². The number of likely N-dealkylation sites (tertiary alicyclic amines) is 1. The Kier molecular flexibility index (Phi) is 4.50. The summed E-state index contributed by atoms with van der Waals surface area (Å²) in [6.07, 6.45) is 0.397. The highest BCUT2D eigenvalue weighted by Gasteiger charge is 2.46. The predicted octanol–water partition coefficient (Wildman–Crippen LogP) is 2.73. The molecule has 2 aromatic rings. The van der Waals surface area contributed by atoms with Gasteiger partial charge in [0.15, 0.2) is 0 Å². The lowest BCUT2D eigenvalue weighted by Crippen LogP contribution is -2.63. The van der Waals surface area contributed by atoms with E-state index < -0.39 is 0 Å². The molecule has 0 unspecified atom stereocenters.